The zero-order chi connectivity index (χ0) is 27.3. The van der Waals surface area contributed by atoms with Crippen LogP contribution in [-0.2, 0) is 17.1 Å². The number of nitrogens with zero attached hydrogens (tertiary/aromatic N) is 4. The molecule has 2 saturated heterocycles. The summed E-state index contributed by atoms with van der Waals surface area (Å²) in [6.45, 7) is 4.96. The van der Waals surface area contributed by atoms with E-state index in [0.717, 1.165) is 49.7 Å². The van der Waals surface area contributed by atoms with Gasteiger partial charge in [-0.3, -0.25) is 9.69 Å². The van der Waals surface area contributed by atoms with Crippen LogP contribution in [0, 0.1) is 0 Å². The number of piperazine rings is 1. The first kappa shape index (κ1) is 28.0. The van der Waals surface area contributed by atoms with Gasteiger partial charge in [-0.15, -0.1) is 0 Å². The van der Waals surface area contributed by atoms with Gasteiger partial charge >= 0.3 is 12.4 Å². The van der Waals surface area contributed by atoms with Gasteiger partial charge < -0.3 is 15.1 Å². The van der Waals surface area contributed by atoms with E-state index in [0.29, 0.717) is 57.7 Å². The molecule has 0 aliphatic carbocycles. The summed E-state index contributed by atoms with van der Waals surface area (Å²) < 4.78 is 76.4. The summed E-state index contributed by atoms with van der Waals surface area (Å²) in [6.07, 6.45) is -5.40. The lowest BCUT2D eigenvalue weighted by molar-refractivity contribution is -0.138. The molecule has 2 aromatic rings. The smallest absolute Gasteiger partial charge is 0.369 e. The maximum Gasteiger partial charge on any atom is 0.417 e. The monoisotopic (exact) mass is 543 g/mol. The van der Waals surface area contributed by atoms with Crippen molar-refractivity contribution in [3.63, 3.8) is 0 Å². The van der Waals surface area contributed by atoms with E-state index in [1.165, 1.54) is 18.2 Å². The van der Waals surface area contributed by atoms with Crippen LogP contribution in [0.2, 0.25) is 0 Å². The largest absolute Gasteiger partial charge is 0.417 e. The lowest BCUT2D eigenvalue weighted by atomic mass is 10.0. The molecule has 4 rings (SSSR count). The van der Waals surface area contributed by atoms with Crippen molar-refractivity contribution in [2.75, 3.05) is 55.6 Å². The molecule has 3 heterocycles. The maximum absolute atomic E-state index is 12.8. The molecule has 0 radical (unpaired) electrons. The molecular weight excluding hydrogens is 512 g/mol. The molecule has 1 aromatic heterocycles. The van der Waals surface area contributed by atoms with Crippen molar-refractivity contribution in [1.29, 1.82) is 0 Å². The van der Waals surface area contributed by atoms with Crippen molar-refractivity contribution in [2.45, 2.75) is 44.1 Å². The number of hydrogen-bond donors (Lipinski definition) is 1. The quantitative estimate of drug-likeness (QED) is 0.509. The van der Waals surface area contributed by atoms with E-state index < -0.39 is 23.5 Å². The minimum absolute atomic E-state index is 0.0144. The third-order valence-electron chi connectivity index (χ3n) is 7.07. The predicted octanol–water partition coefficient (Wildman–Crippen LogP) is 4.81. The number of piperidine rings is 1. The molecule has 12 heteroatoms. The Kier molecular flexibility index (Phi) is 8.69. The molecule has 1 amide bonds. The van der Waals surface area contributed by atoms with Crippen LogP contribution >= 0.6 is 0 Å². The first-order valence-electron chi connectivity index (χ1n) is 12.7. The molecule has 0 unspecified atom stereocenters. The average Bonchev–Trinajstić information content (AvgIpc) is 2.89. The van der Waals surface area contributed by atoms with Gasteiger partial charge in [0.2, 0.25) is 5.91 Å². The van der Waals surface area contributed by atoms with Crippen LogP contribution in [0.25, 0.3) is 0 Å². The molecule has 1 N–H and O–H groups in total. The van der Waals surface area contributed by atoms with Crippen molar-refractivity contribution in [1.82, 2.24) is 15.2 Å². The van der Waals surface area contributed by atoms with Gasteiger partial charge in [0.05, 0.1) is 11.1 Å². The fourth-order valence-corrected chi connectivity index (χ4v) is 4.85. The van der Waals surface area contributed by atoms with Gasteiger partial charge in [-0.25, -0.2) is 4.98 Å². The van der Waals surface area contributed by atoms with E-state index >= 15 is 0 Å². The Morgan fingerprint density at radius 1 is 0.816 bits per heavy atom. The van der Waals surface area contributed by atoms with Gasteiger partial charge in [0, 0.05) is 63.6 Å². The van der Waals surface area contributed by atoms with Crippen molar-refractivity contribution in [2.24, 2.45) is 0 Å². The summed E-state index contributed by atoms with van der Waals surface area (Å²) in [5, 5.41) is 3.06. The Bertz CT molecular complexity index is 1040. The number of amides is 1. The highest BCUT2D eigenvalue weighted by atomic mass is 19.4. The first-order valence-corrected chi connectivity index (χ1v) is 12.7. The zero-order valence-electron chi connectivity index (χ0n) is 20.9. The number of rotatable bonds is 7. The number of pyridine rings is 1. The molecule has 2 fully saturated rings. The molecule has 0 bridgehead atoms. The van der Waals surface area contributed by atoms with Gasteiger partial charge in [0.1, 0.15) is 5.82 Å². The van der Waals surface area contributed by atoms with Gasteiger partial charge in [-0.1, -0.05) is 0 Å². The summed E-state index contributed by atoms with van der Waals surface area (Å²) in [4.78, 5) is 22.6. The van der Waals surface area contributed by atoms with Crippen molar-refractivity contribution >= 4 is 17.4 Å². The van der Waals surface area contributed by atoms with E-state index in [2.05, 4.69) is 20.1 Å². The number of carbonyl (C=O) groups excluding carboxylic acids is 1. The van der Waals surface area contributed by atoms with Crippen molar-refractivity contribution < 1.29 is 31.1 Å². The van der Waals surface area contributed by atoms with Crippen molar-refractivity contribution in [3.05, 3.63) is 53.7 Å². The van der Waals surface area contributed by atoms with E-state index in [4.69, 9.17) is 0 Å². The molecule has 38 heavy (non-hydrogen) atoms. The summed E-state index contributed by atoms with van der Waals surface area (Å²) in [6, 6.07) is 7.67. The minimum atomic E-state index is -4.41. The number of halogens is 6. The lowest BCUT2D eigenvalue weighted by Gasteiger charge is -2.36. The maximum atomic E-state index is 12.8. The molecule has 2 aliphatic rings. The Morgan fingerprint density at radius 3 is 1.97 bits per heavy atom. The van der Waals surface area contributed by atoms with E-state index in [9.17, 15) is 31.1 Å². The normalized spacial score (nSPS) is 18.1. The minimum Gasteiger partial charge on any atom is -0.369 e. The van der Waals surface area contributed by atoms with Crippen LogP contribution in [0.5, 0.6) is 0 Å². The topological polar surface area (TPSA) is 51.7 Å². The summed E-state index contributed by atoms with van der Waals surface area (Å²) in [5.74, 6) is 0.487. The highest BCUT2D eigenvalue weighted by Crippen LogP contribution is 2.31. The molecule has 0 spiro atoms. The highest BCUT2D eigenvalue weighted by Gasteiger charge is 2.32. The number of hydrogen-bond acceptors (Lipinski definition) is 5. The Balaban J connectivity index is 1.11. The number of aromatic nitrogens is 1. The zero-order valence-corrected chi connectivity index (χ0v) is 20.9. The Labute approximate surface area is 217 Å². The number of anilines is 2. The fourth-order valence-electron chi connectivity index (χ4n) is 4.85. The predicted molar refractivity (Wildman–Crippen MR) is 132 cm³/mol. The average molecular weight is 544 g/mol. The third-order valence-corrected chi connectivity index (χ3v) is 7.07. The Morgan fingerprint density at radius 2 is 1.42 bits per heavy atom. The Hall–Kier alpha value is -3.02. The molecule has 0 atom stereocenters. The van der Waals surface area contributed by atoms with Crippen LogP contribution in [0.4, 0.5) is 37.8 Å². The van der Waals surface area contributed by atoms with Gasteiger partial charge in [-0.2, -0.15) is 26.3 Å². The van der Waals surface area contributed by atoms with Crippen LogP contribution in [0.1, 0.15) is 36.8 Å². The highest BCUT2D eigenvalue weighted by molar-refractivity contribution is 5.76. The van der Waals surface area contributed by atoms with Crippen LogP contribution in [0.15, 0.2) is 42.6 Å². The second-order valence-corrected chi connectivity index (χ2v) is 9.71. The van der Waals surface area contributed by atoms with Gasteiger partial charge in [0.25, 0.3) is 0 Å². The standard InChI is InChI=1S/C26H31F6N5O/c27-25(28,29)19-3-6-22(7-4-19)36-16-14-35(15-17-36)11-1-2-24(38)34-21-9-12-37(13-10-21)23-8-5-20(18-33-23)26(30,31)32/h3-8,18,21H,1-2,9-17H2,(H,34,38). The SMILES string of the molecule is O=C(CCCN1CCN(c2ccc(C(F)(F)F)cc2)CC1)NC1CCN(c2ccc(C(F)(F)F)cn2)CC1. The third kappa shape index (κ3) is 7.52. The summed E-state index contributed by atoms with van der Waals surface area (Å²) in [7, 11) is 0. The number of nitrogens with one attached hydrogen (secondary N) is 1. The second kappa shape index (κ2) is 11.8. The van der Waals surface area contributed by atoms with Gasteiger partial charge in [0.15, 0.2) is 0 Å². The molecular formula is C26H31F6N5O. The number of carbonyl (C=O) groups is 1. The molecule has 2 aliphatic heterocycles. The molecule has 6 nitrogen and oxygen atoms in total. The first-order chi connectivity index (χ1) is 18.0. The molecule has 1 aromatic carbocycles. The lowest BCUT2D eigenvalue weighted by Crippen LogP contribution is -2.47. The van der Waals surface area contributed by atoms with Crippen LogP contribution in [0.3, 0.4) is 0 Å². The number of alkyl halides is 6. The fraction of sp³-hybridized carbons (Fsp3) is 0.538. The summed E-state index contributed by atoms with van der Waals surface area (Å²) in [5.41, 5.74) is -0.651. The summed E-state index contributed by atoms with van der Waals surface area (Å²) >= 11 is 0. The van der Waals surface area contributed by atoms with E-state index in [1.54, 1.807) is 0 Å². The van der Waals surface area contributed by atoms with Crippen LogP contribution in [-0.4, -0.2) is 67.6 Å². The van der Waals surface area contributed by atoms with E-state index in [-0.39, 0.29) is 11.9 Å². The van der Waals surface area contributed by atoms with Gasteiger partial charge in [-0.05, 0) is 62.2 Å². The van der Waals surface area contributed by atoms with Crippen molar-refractivity contribution in [3.8, 4) is 0 Å². The number of benzene rings is 1. The van der Waals surface area contributed by atoms with Crippen LogP contribution < -0.4 is 15.1 Å². The van der Waals surface area contributed by atoms with E-state index in [1.807, 2.05) is 4.90 Å². The second-order valence-electron chi connectivity index (χ2n) is 9.71. The molecule has 0 saturated carbocycles. The molecule has 208 valence electrons.